The fourth-order valence-electron chi connectivity index (χ4n) is 3.70. The van der Waals surface area contributed by atoms with Gasteiger partial charge in [-0.25, -0.2) is 4.98 Å². The Morgan fingerprint density at radius 3 is 2.57 bits per heavy atom. The summed E-state index contributed by atoms with van der Waals surface area (Å²) in [7, 11) is 0. The summed E-state index contributed by atoms with van der Waals surface area (Å²) in [5.74, 6) is -1.30. The van der Waals surface area contributed by atoms with Crippen LogP contribution in [0.2, 0.25) is 5.02 Å². The van der Waals surface area contributed by atoms with Crippen LogP contribution in [0.25, 0.3) is 11.0 Å². The summed E-state index contributed by atoms with van der Waals surface area (Å²) in [6, 6.07) is 21.3. The number of aliphatic carboxylic acids is 1. The van der Waals surface area contributed by atoms with E-state index in [0.717, 1.165) is 11.1 Å². The first kappa shape index (κ1) is 24.0. The van der Waals surface area contributed by atoms with Crippen molar-refractivity contribution in [3.63, 3.8) is 0 Å². The first-order valence-electron chi connectivity index (χ1n) is 10.9. The number of carboxylic acids is 1. The number of amides is 1. The van der Waals surface area contributed by atoms with Gasteiger partial charge in [0.15, 0.2) is 6.61 Å². The Morgan fingerprint density at radius 2 is 1.86 bits per heavy atom. The van der Waals surface area contributed by atoms with Gasteiger partial charge in [0.2, 0.25) is 0 Å². The van der Waals surface area contributed by atoms with Crippen LogP contribution in [0, 0.1) is 0 Å². The Balaban J connectivity index is 1.48. The van der Waals surface area contributed by atoms with Crippen molar-refractivity contribution in [2.24, 2.45) is 5.16 Å². The van der Waals surface area contributed by atoms with Crippen molar-refractivity contribution in [1.82, 2.24) is 9.55 Å². The minimum atomic E-state index is -0.920. The number of hydrogen-bond donors (Lipinski definition) is 2. The van der Waals surface area contributed by atoms with E-state index in [2.05, 4.69) is 15.5 Å². The molecule has 0 aliphatic rings. The van der Waals surface area contributed by atoms with E-state index >= 15 is 0 Å². The number of benzene rings is 3. The molecule has 0 radical (unpaired) electrons. The summed E-state index contributed by atoms with van der Waals surface area (Å²) >= 11 is 5.89. The van der Waals surface area contributed by atoms with E-state index in [-0.39, 0.29) is 18.9 Å². The molecule has 178 valence electrons. The highest BCUT2D eigenvalue weighted by Crippen LogP contribution is 2.28. The summed E-state index contributed by atoms with van der Waals surface area (Å²) < 4.78 is 1.81. The van der Waals surface area contributed by atoms with Gasteiger partial charge in [0.05, 0.1) is 35.5 Å². The topological polar surface area (TPSA) is 106 Å². The summed E-state index contributed by atoms with van der Waals surface area (Å²) in [4.78, 5) is 33.6. The number of anilines is 1. The second kappa shape index (κ2) is 10.8. The van der Waals surface area contributed by atoms with Gasteiger partial charge in [0, 0.05) is 10.7 Å². The van der Waals surface area contributed by atoms with Crippen LogP contribution in [0.15, 0.2) is 84.3 Å². The Labute approximate surface area is 206 Å². The molecule has 35 heavy (non-hydrogen) atoms. The van der Waals surface area contributed by atoms with Crippen LogP contribution in [-0.4, -0.2) is 38.9 Å². The number of carbonyl (C=O) groups excluding carboxylic acids is 1. The number of carboxylic acid groups (broad SMARTS) is 1. The molecular formula is C26H23ClN4O4. The highest BCUT2D eigenvalue weighted by Gasteiger charge is 2.20. The average molecular weight is 491 g/mol. The summed E-state index contributed by atoms with van der Waals surface area (Å²) in [6.07, 6.45) is 1.51. The third-order valence-corrected chi connectivity index (χ3v) is 5.66. The molecule has 1 heterocycles. The molecule has 3 aromatic carbocycles. The number of carbonyl (C=O) groups is 2. The third-order valence-electron chi connectivity index (χ3n) is 5.41. The third kappa shape index (κ3) is 6.04. The first-order chi connectivity index (χ1) is 16.9. The Bertz CT molecular complexity index is 1370. The molecule has 1 unspecified atom stereocenters. The highest BCUT2D eigenvalue weighted by atomic mass is 35.5. The van der Waals surface area contributed by atoms with Gasteiger partial charge in [-0.15, -0.1) is 0 Å². The lowest BCUT2D eigenvalue weighted by atomic mass is 10.0. The van der Waals surface area contributed by atoms with Crippen molar-refractivity contribution in [1.29, 1.82) is 0 Å². The molecule has 8 nitrogen and oxygen atoms in total. The standard InChI is InChI=1S/C26H23ClN4O4/c1-17(18-7-9-20(27)10-8-18)30-35-15-25(32)29-21-11-12-22-24(13-21)31(16-28-22)23(14-26(33)34)19-5-3-2-4-6-19/h2-13,16,23H,14-15H2,1H3,(H,29,32)(H,33,34)/b30-17-. The lowest BCUT2D eigenvalue weighted by Gasteiger charge is -2.18. The number of nitrogens with one attached hydrogen (secondary N) is 1. The normalized spacial score (nSPS) is 12.3. The monoisotopic (exact) mass is 490 g/mol. The van der Waals surface area contributed by atoms with Crippen LogP contribution in [0.1, 0.15) is 30.5 Å². The number of hydrogen-bond acceptors (Lipinski definition) is 5. The van der Waals surface area contributed by atoms with Crippen molar-refractivity contribution in [2.45, 2.75) is 19.4 Å². The van der Waals surface area contributed by atoms with Gasteiger partial charge >= 0.3 is 5.97 Å². The smallest absolute Gasteiger partial charge is 0.305 e. The maximum Gasteiger partial charge on any atom is 0.305 e. The SMILES string of the molecule is C/C(=N/OCC(=O)Nc1ccc2ncn(C(CC(=O)O)c3ccccc3)c2c1)c1ccc(Cl)cc1. The predicted molar refractivity (Wildman–Crippen MR) is 135 cm³/mol. The van der Waals surface area contributed by atoms with Gasteiger partial charge in [0.25, 0.3) is 5.91 Å². The van der Waals surface area contributed by atoms with E-state index in [1.807, 2.05) is 47.0 Å². The van der Waals surface area contributed by atoms with E-state index in [9.17, 15) is 14.7 Å². The molecule has 4 aromatic rings. The van der Waals surface area contributed by atoms with Crippen molar-refractivity contribution in [3.8, 4) is 0 Å². The number of rotatable bonds is 9. The zero-order valence-corrected chi connectivity index (χ0v) is 19.6. The largest absolute Gasteiger partial charge is 0.481 e. The molecular weight excluding hydrogens is 468 g/mol. The maximum absolute atomic E-state index is 12.4. The van der Waals surface area contributed by atoms with Crippen LogP contribution >= 0.6 is 11.6 Å². The fourth-order valence-corrected chi connectivity index (χ4v) is 3.82. The van der Waals surface area contributed by atoms with E-state index in [0.29, 0.717) is 27.5 Å². The zero-order chi connectivity index (χ0) is 24.8. The fraction of sp³-hybridized carbons (Fsp3) is 0.154. The van der Waals surface area contributed by atoms with E-state index in [4.69, 9.17) is 16.4 Å². The molecule has 1 atom stereocenters. The molecule has 0 saturated carbocycles. The minimum absolute atomic E-state index is 0.106. The Morgan fingerprint density at radius 1 is 1.11 bits per heavy atom. The van der Waals surface area contributed by atoms with Crippen molar-refractivity contribution in [3.05, 3.63) is 95.3 Å². The Hall–Kier alpha value is -4.17. The van der Waals surface area contributed by atoms with Gasteiger partial charge in [-0.05, 0) is 48.4 Å². The molecule has 1 amide bonds. The molecule has 9 heteroatoms. The molecule has 0 bridgehead atoms. The number of fused-ring (bicyclic) bond motifs is 1. The van der Waals surface area contributed by atoms with Crippen LogP contribution < -0.4 is 5.32 Å². The molecule has 0 fully saturated rings. The molecule has 0 aliphatic carbocycles. The number of nitrogens with zero attached hydrogens (tertiary/aromatic N) is 3. The molecule has 0 spiro atoms. The number of halogens is 1. The molecule has 4 rings (SSSR count). The summed E-state index contributed by atoms with van der Waals surface area (Å²) in [5.41, 5.74) is 4.23. The molecule has 0 aliphatic heterocycles. The maximum atomic E-state index is 12.4. The van der Waals surface area contributed by atoms with Gasteiger partial charge < -0.3 is 19.8 Å². The van der Waals surface area contributed by atoms with Gasteiger partial charge in [-0.3, -0.25) is 9.59 Å². The molecule has 2 N–H and O–H groups in total. The van der Waals surface area contributed by atoms with Crippen molar-refractivity contribution in [2.75, 3.05) is 11.9 Å². The first-order valence-corrected chi connectivity index (χ1v) is 11.2. The van der Waals surface area contributed by atoms with Crippen molar-refractivity contribution >= 4 is 45.9 Å². The van der Waals surface area contributed by atoms with E-state index < -0.39 is 12.0 Å². The van der Waals surface area contributed by atoms with Gasteiger partial charge in [0.1, 0.15) is 0 Å². The zero-order valence-electron chi connectivity index (χ0n) is 18.9. The van der Waals surface area contributed by atoms with Crippen LogP contribution in [0.5, 0.6) is 0 Å². The van der Waals surface area contributed by atoms with Crippen LogP contribution in [0.4, 0.5) is 5.69 Å². The van der Waals surface area contributed by atoms with Crippen LogP contribution in [-0.2, 0) is 14.4 Å². The van der Waals surface area contributed by atoms with Gasteiger partial charge in [-0.1, -0.05) is 59.2 Å². The number of oxime groups is 1. The number of aromatic nitrogens is 2. The second-order valence-electron chi connectivity index (χ2n) is 7.88. The lowest BCUT2D eigenvalue weighted by molar-refractivity contribution is -0.137. The van der Waals surface area contributed by atoms with Crippen LogP contribution in [0.3, 0.4) is 0 Å². The summed E-state index contributed by atoms with van der Waals surface area (Å²) in [5, 5.41) is 16.9. The lowest BCUT2D eigenvalue weighted by Crippen LogP contribution is -2.17. The average Bonchev–Trinajstić information content (AvgIpc) is 3.26. The van der Waals surface area contributed by atoms with E-state index in [1.54, 1.807) is 43.6 Å². The van der Waals surface area contributed by atoms with E-state index in [1.165, 1.54) is 0 Å². The van der Waals surface area contributed by atoms with Crippen molar-refractivity contribution < 1.29 is 19.5 Å². The highest BCUT2D eigenvalue weighted by molar-refractivity contribution is 6.30. The Kier molecular flexibility index (Phi) is 7.42. The molecule has 1 aromatic heterocycles. The minimum Gasteiger partial charge on any atom is -0.481 e. The number of imidazole rings is 1. The second-order valence-corrected chi connectivity index (χ2v) is 8.32. The predicted octanol–water partition coefficient (Wildman–Crippen LogP) is 5.13. The molecule has 0 saturated heterocycles. The summed E-state index contributed by atoms with van der Waals surface area (Å²) in [6.45, 7) is 1.50. The quantitative estimate of drug-likeness (QED) is 0.250. The van der Waals surface area contributed by atoms with Gasteiger partial charge in [-0.2, -0.15) is 0 Å².